The van der Waals surface area contributed by atoms with Crippen LogP contribution in [-0.4, -0.2) is 37.3 Å². The summed E-state index contributed by atoms with van der Waals surface area (Å²) in [5.74, 6) is -1.96. The minimum absolute atomic E-state index is 0.0693. The van der Waals surface area contributed by atoms with Gasteiger partial charge in [0.05, 0.1) is 12.0 Å². The van der Waals surface area contributed by atoms with Crippen molar-refractivity contribution < 1.29 is 32.2 Å². The lowest BCUT2D eigenvalue weighted by atomic mass is 10.4. The molecule has 1 aliphatic rings. The van der Waals surface area contributed by atoms with Crippen molar-refractivity contribution >= 4 is 23.6 Å². The van der Waals surface area contributed by atoms with Gasteiger partial charge in [-0.25, -0.2) is 4.79 Å². The highest BCUT2D eigenvalue weighted by Crippen LogP contribution is 2.47. The van der Waals surface area contributed by atoms with Crippen LogP contribution in [-0.2, 0) is 19.1 Å². The summed E-state index contributed by atoms with van der Waals surface area (Å²) < 4.78 is 46.5. The van der Waals surface area contributed by atoms with Crippen LogP contribution in [0, 0.1) is 0 Å². The summed E-state index contributed by atoms with van der Waals surface area (Å²) in [5.41, 5.74) is 0. The zero-order chi connectivity index (χ0) is 13.3. The second-order valence-electron chi connectivity index (χ2n) is 2.91. The van der Waals surface area contributed by atoms with Crippen molar-refractivity contribution in [1.29, 1.82) is 0 Å². The van der Waals surface area contributed by atoms with Crippen LogP contribution < -0.4 is 5.32 Å². The molecule has 0 spiro atoms. The summed E-state index contributed by atoms with van der Waals surface area (Å²) in [6.45, 7) is 0. The number of ether oxygens (including phenoxy) is 2. The monoisotopic (exact) mass is 271 g/mol. The number of esters is 1. The SMILES string of the molecule is COC(=O)/C=C1/S[C@@](OC)(C(F)(F)F)NC1=O. The molecule has 9 heteroatoms. The number of amides is 1. The van der Waals surface area contributed by atoms with Gasteiger partial charge in [0.2, 0.25) is 0 Å². The highest BCUT2D eigenvalue weighted by Gasteiger charge is 2.62. The van der Waals surface area contributed by atoms with Crippen molar-refractivity contribution in [2.45, 2.75) is 11.2 Å². The maximum atomic E-state index is 12.7. The van der Waals surface area contributed by atoms with Crippen molar-refractivity contribution in [3.05, 3.63) is 11.0 Å². The zero-order valence-electron chi connectivity index (χ0n) is 8.75. The average molecular weight is 271 g/mol. The Bertz CT molecular complexity index is 381. The first kappa shape index (κ1) is 13.8. The Morgan fingerprint density at radius 3 is 2.41 bits per heavy atom. The Balaban J connectivity index is 3.03. The lowest BCUT2D eigenvalue weighted by Gasteiger charge is -2.27. The minimum Gasteiger partial charge on any atom is -0.466 e. The van der Waals surface area contributed by atoms with Crippen molar-refractivity contribution in [3.63, 3.8) is 0 Å². The van der Waals surface area contributed by atoms with Gasteiger partial charge in [-0.05, 0) is 0 Å². The molecule has 1 fully saturated rings. The molecule has 0 aromatic rings. The second-order valence-corrected chi connectivity index (χ2v) is 4.13. The third-order valence-electron chi connectivity index (χ3n) is 1.87. The molecular weight excluding hydrogens is 263 g/mol. The highest BCUT2D eigenvalue weighted by atomic mass is 32.2. The normalized spacial score (nSPS) is 27.1. The smallest absolute Gasteiger partial charge is 0.447 e. The number of hydrogen-bond acceptors (Lipinski definition) is 5. The van der Waals surface area contributed by atoms with E-state index >= 15 is 0 Å². The number of rotatable bonds is 2. The molecule has 5 nitrogen and oxygen atoms in total. The summed E-state index contributed by atoms with van der Waals surface area (Å²) in [6.07, 6.45) is -4.14. The largest absolute Gasteiger partial charge is 0.466 e. The number of thioether (sulfide) groups is 1. The molecule has 1 rings (SSSR count). The van der Waals surface area contributed by atoms with Crippen LogP contribution in [0.2, 0.25) is 0 Å². The fourth-order valence-electron chi connectivity index (χ4n) is 1.04. The van der Waals surface area contributed by atoms with Gasteiger partial charge in [0.25, 0.3) is 11.0 Å². The molecule has 96 valence electrons. The Kier molecular flexibility index (Phi) is 3.72. The molecule has 17 heavy (non-hydrogen) atoms. The Hall–Kier alpha value is -1.22. The van der Waals surface area contributed by atoms with E-state index in [0.29, 0.717) is 6.08 Å². The van der Waals surface area contributed by atoms with E-state index in [9.17, 15) is 22.8 Å². The van der Waals surface area contributed by atoms with Crippen LogP contribution in [0.15, 0.2) is 11.0 Å². The first-order valence-corrected chi connectivity index (χ1v) is 5.00. The number of alkyl halides is 3. The van der Waals surface area contributed by atoms with Gasteiger partial charge >= 0.3 is 12.1 Å². The maximum absolute atomic E-state index is 12.7. The molecular formula is C8H8F3NO4S. The number of nitrogens with one attached hydrogen (secondary N) is 1. The topological polar surface area (TPSA) is 64.6 Å². The van der Waals surface area contributed by atoms with E-state index in [4.69, 9.17) is 0 Å². The molecule has 0 radical (unpaired) electrons. The van der Waals surface area contributed by atoms with Crippen LogP contribution >= 0.6 is 11.8 Å². The fourth-order valence-corrected chi connectivity index (χ4v) is 1.99. The summed E-state index contributed by atoms with van der Waals surface area (Å²) in [5, 5.41) is -1.22. The van der Waals surface area contributed by atoms with Crippen molar-refractivity contribution in [3.8, 4) is 0 Å². The quantitative estimate of drug-likeness (QED) is 0.593. The van der Waals surface area contributed by atoms with Crippen LogP contribution in [0.25, 0.3) is 0 Å². The lowest BCUT2D eigenvalue weighted by molar-refractivity contribution is -0.237. The first-order valence-electron chi connectivity index (χ1n) is 4.19. The van der Waals surface area contributed by atoms with Crippen LogP contribution in [0.4, 0.5) is 13.2 Å². The molecule has 0 bridgehead atoms. The predicted octanol–water partition coefficient (Wildman–Crippen LogP) is 0.769. The minimum atomic E-state index is -4.81. The van der Waals surface area contributed by atoms with E-state index in [1.807, 2.05) is 0 Å². The molecule has 0 aromatic heterocycles. The second kappa shape index (κ2) is 4.57. The summed E-state index contributed by atoms with van der Waals surface area (Å²) in [6, 6.07) is 0. The van der Waals surface area contributed by atoms with E-state index in [0.717, 1.165) is 14.2 Å². The van der Waals surface area contributed by atoms with E-state index in [2.05, 4.69) is 9.47 Å². The summed E-state index contributed by atoms with van der Waals surface area (Å²) in [4.78, 5) is 21.7. The molecule has 1 saturated heterocycles. The van der Waals surface area contributed by atoms with Gasteiger partial charge in [-0.3, -0.25) is 4.79 Å². The van der Waals surface area contributed by atoms with E-state index in [-0.39, 0.29) is 11.8 Å². The van der Waals surface area contributed by atoms with Gasteiger partial charge < -0.3 is 14.8 Å². The van der Waals surface area contributed by atoms with E-state index < -0.39 is 28.0 Å². The van der Waals surface area contributed by atoms with Gasteiger partial charge in [-0.1, -0.05) is 11.8 Å². The van der Waals surface area contributed by atoms with Crippen molar-refractivity contribution in [2.24, 2.45) is 0 Å². The summed E-state index contributed by atoms with van der Waals surface area (Å²) in [7, 11) is 1.85. The fraction of sp³-hybridized carbons (Fsp3) is 0.500. The molecule has 1 aliphatic heterocycles. The number of hydrogen-bond donors (Lipinski definition) is 1. The van der Waals surface area contributed by atoms with Crippen LogP contribution in [0.5, 0.6) is 0 Å². The molecule has 1 atom stereocenters. The molecule has 1 N–H and O–H groups in total. The number of methoxy groups -OCH3 is 2. The molecule has 1 heterocycles. The van der Waals surface area contributed by atoms with Crippen LogP contribution in [0.3, 0.4) is 0 Å². The van der Waals surface area contributed by atoms with Gasteiger partial charge in [0.15, 0.2) is 0 Å². The van der Waals surface area contributed by atoms with Gasteiger partial charge in [-0.15, -0.1) is 0 Å². The third kappa shape index (κ3) is 2.55. The van der Waals surface area contributed by atoms with Gasteiger partial charge in [-0.2, -0.15) is 13.2 Å². The number of carbonyl (C=O) groups excluding carboxylic acids is 2. The van der Waals surface area contributed by atoms with Crippen molar-refractivity contribution in [1.82, 2.24) is 5.32 Å². The lowest BCUT2D eigenvalue weighted by Crippen LogP contribution is -2.53. The first-order chi connectivity index (χ1) is 7.75. The van der Waals surface area contributed by atoms with Gasteiger partial charge in [0, 0.05) is 13.2 Å². The van der Waals surface area contributed by atoms with E-state index in [1.54, 1.807) is 5.32 Å². The predicted molar refractivity (Wildman–Crippen MR) is 51.6 cm³/mol. The Morgan fingerprint density at radius 1 is 1.47 bits per heavy atom. The Labute approximate surface area is 98.3 Å². The standard InChI is InChI=1S/C8H8F3NO4S/c1-15-5(13)3-4-6(14)12-8(16-2,17-4)7(9,10)11/h3H,1-2H3,(H,12,14)/b4-3+/t8-/m0/s1. The zero-order valence-corrected chi connectivity index (χ0v) is 9.57. The number of halogens is 3. The van der Waals surface area contributed by atoms with Crippen LogP contribution in [0.1, 0.15) is 0 Å². The van der Waals surface area contributed by atoms with E-state index in [1.165, 1.54) is 0 Å². The molecule has 0 aliphatic carbocycles. The molecule has 0 saturated carbocycles. The number of carbonyl (C=O) groups is 2. The highest BCUT2D eigenvalue weighted by molar-refractivity contribution is 8.05. The van der Waals surface area contributed by atoms with Crippen molar-refractivity contribution in [2.75, 3.05) is 14.2 Å². The maximum Gasteiger partial charge on any atom is 0.447 e. The molecule has 1 amide bonds. The molecule has 0 aromatic carbocycles. The molecule has 0 unspecified atom stereocenters. The summed E-state index contributed by atoms with van der Waals surface area (Å²) >= 11 is 0.0693. The average Bonchev–Trinajstić information content (AvgIpc) is 2.56. The van der Waals surface area contributed by atoms with Gasteiger partial charge in [0.1, 0.15) is 0 Å². The Morgan fingerprint density at radius 2 is 2.06 bits per heavy atom. The third-order valence-corrected chi connectivity index (χ3v) is 3.18.